The molecule has 0 aliphatic rings. The molecule has 0 radical (unpaired) electrons. The standard InChI is InChI=1S/C14H13BrN2O4/c15-13-9(5-7-21-13)14(19)17-10-3-1-2-4-11(10)20-8-6-12(16)18/h1-5,7H,6,8H2,(H2,16,18)(H,17,19). The van der Waals surface area contributed by atoms with E-state index in [1.165, 1.54) is 6.26 Å². The fourth-order valence-electron chi connectivity index (χ4n) is 1.60. The number of carbonyl (C=O) groups is 2. The molecular weight excluding hydrogens is 340 g/mol. The van der Waals surface area contributed by atoms with Crippen LogP contribution in [0.2, 0.25) is 0 Å². The minimum Gasteiger partial charge on any atom is -0.491 e. The van der Waals surface area contributed by atoms with Crippen LogP contribution in [0.1, 0.15) is 16.8 Å². The number of hydrogen-bond acceptors (Lipinski definition) is 4. The second-order valence-corrected chi connectivity index (χ2v) is 4.84. The van der Waals surface area contributed by atoms with Crippen LogP contribution in [0.25, 0.3) is 0 Å². The summed E-state index contributed by atoms with van der Waals surface area (Å²) < 4.78 is 10.8. The van der Waals surface area contributed by atoms with Crippen LogP contribution in [-0.2, 0) is 4.79 Å². The first-order valence-electron chi connectivity index (χ1n) is 6.12. The van der Waals surface area contributed by atoms with Gasteiger partial charge in [-0.2, -0.15) is 0 Å². The van der Waals surface area contributed by atoms with Crippen LogP contribution in [0, 0.1) is 0 Å². The Morgan fingerprint density at radius 1 is 1.29 bits per heavy atom. The van der Waals surface area contributed by atoms with Crippen molar-refractivity contribution in [3.63, 3.8) is 0 Å². The largest absolute Gasteiger partial charge is 0.491 e. The maximum Gasteiger partial charge on any atom is 0.260 e. The Bertz CT molecular complexity index is 654. The zero-order chi connectivity index (χ0) is 15.2. The van der Waals surface area contributed by atoms with Gasteiger partial charge in [-0.3, -0.25) is 9.59 Å². The maximum absolute atomic E-state index is 12.1. The van der Waals surface area contributed by atoms with E-state index in [9.17, 15) is 9.59 Å². The van der Waals surface area contributed by atoms with Crippen LogP contribution in [0.4, 0.5) is 5.69 Å². The van der Waals surface area contributed by atoms with E-state index < -0.39 is 5.91 Å². The van der Waals surface area contributed by atoms with E-state index in [1.807, 2.05) is 0 Å². The van der Waals surface area contributed by atoms with E-state index in [1.54, 1.807) is 30.3 Å². The predicted octanol–water partition coefficient (Wildman–Crippen LogP) is 2.55. The molecule has 21 heavy (non-hydrogen) atoms. The average molecular weight is 353 g/mol. The number of anilines is 1. The minimum absolute atomic E-state index is 0.107. The van der Waals surface area contributed by atoms with Crippen molar-refractivity contribution in [2.75, 3.05) is 11.9 Å². The van der Waals surface area contributed by atoms with Gasteiger partial charge in [-0.05, 0) is 34.1 Å². The van der Waals surface area contributed by atoms with Gasteiger partial charge in [-0.1, -0.05) is 12.1 Å². The number of carbonyl (C=O) groups excluding carboxylic acids is 2. The Morgan fingerprint density at radius 2 is 2.05 bits per heavy atom. The van der Waals surface area contributed by atoms with Gasteiger partial charge in [0.15, 0.2) is 4.67 Å². The Morgan fingerprint density at radius 3 is 2.71 bits per heavy atom. The molecule has 1 aromatic carbocycles. The van der Waals surface area contributed by atoms with E-state index in [0.717, 1.165) is 0 Å². The van der Waals surface area contributed by atoms with Gasteiger partial charge in [0.2, 0.25) is 5.91 Å². The number of nitrogens with two attached hydrogens (primary N) is 1. The summed E-state index contributed by atoms with van der Waals surface area (Å²) in [5, 5.41) is 2.72. The van der Waals surface area contributed by atoms with E-state index in [0.29, 0.717) is 21.7 Å². The lowest BCUT2D eigenvalue weighted by molar-refractivity contribution is -0.118. The third-order valence-electron chi connectivity index (χ3n) is 2.60. The number of benzene rings is 1. The summed E-state index contributed by atoms with van der Waals surface area (Å²) >= 11 is 3.15. The van der Waals surface area contributed by atoms with E-state index in [4.69, 9.17) is 14.9 Å². The van der Waals surface area contributed by atoms with Gasteiger partial charge in [0, 0.05) is 0 Å². The monoisotopic (exact) mass is 352 g/mol. The molecule has 0 bridgehead atoms. The second-order valence-electron chi connectivity index (χ2n) is 4.12. The van der Waals surface area contributed by atoms with Gasteiger partial charge in [0.05, 0.1) is 30.5 Å². The first-order valence-corrected chi connectivity index (χ1v) is 6.91. The Balaban J connectivity index is 2.07. The van der Waals surface area contributed by atoms with Crippen molar-refractivity contribution in [2.24, 2.45) is 5.73 Å². The summed E-state index contributed by atoms with van der Waals surface area (Å²) in [6, 6.07) is 8.48. The molecule has 2 rings (SSSR count). The zero-order valence-corrected chi connectivity index (χ0v) is 12.6. The van der Waals surface area contributed by atoms with Crippen LogP contribution < -0.4 is 15.8 Å². The Labute approximate surface area is 129 Å². The Hall–Kier alpha value is -2.28. The molecule has 110 valence electrons. The molecular formula is C14H13BrN2O4. The normalized spacial score (nSPS) is 10.1. The fraction of sp³-hybridized carbons (Fsp3) is 0.143. The molecule has 0 aliphatic heterocycles. The van der Waals surface area contributed by atoms with E-state index >= 15 is 0 Å². The number of primary amides is 1. The lowest BCUT2D eigenvalue weighted by atomic mass is 10.2. The number of para-hydroxylation sites is 2. The molecule has 7 heteroatoms. The van der Waals surface area contributed by atoms with Gasteiger partial charge in [0.1, 0.15) is 5.75 Å². The third-order valence-corrected chi connectivity index (χ3v) is 3.22. The quantitative estimate of drug-likeness (QED) is 0.834. The van der Waals surface area contributed by atoms with Crippen LogP contribution >= 0.6 is 15.9 Å². The summed E-state index contributed by atoms with van der Waals surface area (Å²) in [6.45, 7) is 0.150. The van der Waals surface area contributed by atoms with Gasteiger partial charge in [0.25, 0.3) is 5.91 Å². The van der Waals surface area contributed by atoms with Gasteiger partial charge in [-0.25, -0.2) is 0 Å². The first kappa shape index (κ1) is 15.1. The van der Waals surface area contributed by atoms with Crippen molar-refractivity contribution in [2.45, 2.75) is 6.42 Å². The molecule has 1 aromatic heterocycles. The second kappa shape index (κ2) is 6.94. The number of amides is 2. The topological polar surface area (TPSA) is 94.6 Å². The third kappa shape index (κ3) is 4.09. The minimum atomic E-state index is -0.446. The van der Waals surface area contributed by atoms with Crippen molar-refractivity contribution in [1.29, 1.82) is 0 Å². The molecule has 2 aromatic rings. The summed E-state index contributed by atoms with van der Waals surface area (Å²) in [4.78, 5) is 22.8. The molecule has 1 heterocycles. The van der Waals surface area contributed by atoms with Crippen molar-refractivity contribution >= 4 is 33.4 Å². The summed E-state index contributed by atoms with van der Waals surface area (Å²) in [6.07, 6.45) is 1.52. The smallest absolute Gasteiger partial charge is 0.260 e. The van der Waals surface area contributed by atoms with Gasteiger partial charge in [-0.15, -0.1) is 0 Å². The van der Waals surface area contributed by atoms with Crippen LogP contribution in [0.15, 0.2) is 45.7 Å². The lowest BCUT2D eigenvalue weighted by Crippen LogP contribution is -2.16. The van der Waals surface area contributed by atoms with Gasteiger partial charge >= 0.3 is 0 Å². The summed E-state index contributed by atoms with van der Waals surface area (Å²) in [7, 11) is 0. The molecule has 0 fully saturated rings. The number of ether oxygens (including phenoxy) is 1. The van der Waals surface area contributed by atoms with E-state index in [2.05, 4.69) is 21.2 Å². The zero-order valence-electron chi connectivity index (χ0n) is 11.0. The molecule has 3 N–H and O–H groups in total. The number of rotatable bonds is 6. The van der Waals surface area contributed by atoms with Gasteiger partial charge < -0.3 is 20.2 Å². The number of hydrogen-bond donors (Lipinski definition) is 2. The maximum atomic E-state index is 12.1. The lowest BCUT2D eigenvalue weighted by Gasteiger charge is -2.11. The molecule has 0 saturated heterocycles. The first-order chi connectivity index (χ1) is 10.1. The number of furan rings is 1. The number of halogens is 1. The molecule has 0 aliphatic carbocycles. The highest BCUT2D eigenvalue weighted by atomic mass is 79.9. The molecule has 0 atom stereocenters. The number of nitrogens with one attached hydrogen (secondary N) is 1. The van der Waals surface area contributed by atoms with Crippen molar-refractivity contribution in [1.82, 2.24) is 0 Å². The molecule has 0 spiro atoms. The van der Waals surface area contributed by atoms with E-state index in [-0.39, 0.29) is 18.9 Å². The molecule has 2 amide bonds. The van der Waals surface area contributed by atoms with Crippen LogP contribution in [0.5, 0.6) is 5.75 Å². The van der Waals surface area contributed by atoms with Crippen molar-refractivity contribution < 1.29 is 18.7 Å². The highest BCUT2D eigenvalue weighted by Crippen LogP contribution is 2.26. The highest BCUT2D eigenvalue weighted by Gasteiger charge is 2.14. The molecule has 6 nitrogen and oxygen atoms in total. The SMILES string of the molecule is NC(=O)CCOc1ccccc1NC(=O)c1ccoc1Br. The van der Waals surface area contributed by atoms with Crippen LogP contribution in [-0.4, -0.2) is 18.4 Å². The van der Waals surface area contributed by atoms with Crippen molar-refractivity contribution in [3.8, 4) is 5.75 Å². The molecule has 0 unspecified atom stereocenters. The fourth-order valence-corrected chi connectivity index (χ4v) is 2.02. The van der Waals surface area contributed by atoms with Crippen LogP contribution in [0.3, 0.4) is 0 Å². The Kier molecular flexibility index (Phi) is 4.99. The highest BCUT2D eigenvalue weighted by molar-refractivity contribution is 9.10. The average Bonchev–Trinajstić information content (AvgIpc) is 2.86. The predicted molar refractivity (Wildman–Crippen MR) is 80.1 cm³/mol. The molecule has 0 saturated carbocycles. The summed E-state index contributed by atoms with van der Waals surface area (Å²) in [5.74, 6) is -0.313. The van der Waals surface area contributed by atoms with Crippen molar-refractivity contribution in [3.05, 3.63) is 46.8 Å². The summed E-state index contributed by atoms with van der Waals surface area (Å²) in [5.41, 5.74) is 5.93.